The van der Waals surface area contributed by atoms with Gasteiger partial charge in [-0.2, -0.15) is 9.97 Å². The highest BCUT2D eigenvalue weighted by atomic mass is 16.1. The second-order valence-corrected chi connectivity index (χ2v) is 2.29. The molecule has 0 saturated carbocycles. The first-order valence-corrected chi connectivity index (χ1v) is 3.32. The van der Waals surface area contributed by atoms with E-state index in [1.165, 1.54) is 0 Å². The van der Waals surface area contributed by atoms with E-state index in [0.717, 1.165) is 0 Å². The van der Waals surface area contributed by atoms with Gasteiger partial charge in [0.25, 0.3) is 5.56 Å². The number of H-pyrrole nitrogens is 1. The average molecular weight is 179 g/mol. The minimum Gasteiger partial charge on any atom is -0.369 e. The van der Waals surface area contributed by atoms with Crippen molar-refractivity contribution in [2.75, 3.05) is 11.5 Å². The zero-order chi connectivity index (χ0) is 9.42. The van der Waals surface area contributed by atoms with Gasteiger partial charge in [0.2, 0.25) is 11.9 Å². The lowest BCUT2D eigenvalue weighted by molar-refractivity contribution is 1.00. The zero-order valence-electron chi connectivity index (χ0n) is 6.35. The van der Waals surface area contributed by atoms with Crippen molar-refractivity contribution in [3.8, 4) is 0 Å². The van der Waals surface area contributed by atoms with Gasteiger partial charge >= 0.3 is 0 Å². The molecule has 13 heavy (non-hydrogen) atoms. The molecule has 0 spiro atoms. The third kappa shape index (κ3) is 1.13. The van der Waals surface area contributed by atoms with E-state index in [1.54, 1.807) is 0 Å². The summed E-state index contributed by atoms with van der Waals surface area (Å²) in [6, 6.07) is 0. The van der Waals surface area contributed by atoms with Crippen LogP contribution in [0.1, 0.15) is 0 Å². The van der Waals surface area contributed by atoms with Crippen molar-refractivity contribution < 1.29 is 0 Å². The maximum absolute atomic E-state index is 11.2. The van der Waals surface area contributed by atoms with Crippen LogP contribution in [0.4, 0.5) is 11.9 Å². The number of nitrogens with zero attached hydrogens (tertiary/aromatic N) is 4. The Labute approximate surface area is 71.0 Å². The Morgan fingerprint density at radius 1 is 1.15 bits per heavy atom. The summed E-state index contributed by atoms with van der Waals surface area (Å²) >= 11 is 0. The molecule has 2 aromatic heterocycles. The van der Waals surface area contributed by atoms with E-state index in [2.05, 4.69) is 25.1 Å². The molecule has 0 aliphatic carbocycles. The van der Waals surface area contributed by atoms with E-state index in [9.17, 15) is 4.79 Å². The standard InChI is InChI=1S/C5H5N7O/c6-4-8-2-1(3(13)10-4)11-12-5(7)9-2/h(H5,6,7,8,9,10,12,13). The molecule has 66 valence electrons. The Hall–Kier alpha value is -2.25. The second-order valence-electron chi connectivity index (χ2n) is 2.29. The van der Waals surface area contributed by atoms with Crippen molar-refractivity contribution >= 4 is 23.1 Å². The van der Waals surface area contributed by atoms with Crippen LogP contribution in [0.5, 0.6) is 0 Å². The number of anilines is 2. The number of nitrogens with one attached hydrogen (secondary N) is 1. The van der Waals surface area contributed by atoms with Crippen molar-refractivity contribution in [3.63, 3.8) is 0 Å². The largest absolute Gasteiger partial charge is 0.369 e. The van der Waals surface area contributed by atoms with Crippen LogP contribution in [0.15, 0.2) is 4.79 Å². The van der Waals surface area contributed by atoms with E-state index in [4.69, 9.17) is 11.5 Å². The molecule has 0 radical (unpaired) electrons. The lowest BCUT2D eigenvalue weighted by Crippen LogP contribution is -2.14. The summed E-state index contributed by atoms with van der Waals surface area (Å²) in [5, 5.41) is 6.94. The quantitative estimate of drug-likeness (QED) is 0.437. The van der Waals surface area contributed by atoms with E-state index < -0.39 is 5.56 Å². The van der Waals surface area contributed by atoms with E-state index in [-0.39, 0.29) is 23.1 Å². The molecular weight excluding hydrogens is 174 g/mol. The first kappa shape index (κ1) is 7.40. The Morgan fingerprint density at radius 3 is 2.69 bits per heavy atom. The molecular formula is C5H5N7O. The summed E-state index contributed by atoms with van der Waals surface area (Å²) in [4.78, 5) is 20.8. The summed E-state index contributed by atoms with van der Waals surface area (Å²) in [6.07, 6.45) is 0. The van der Waals surface area contributed by atoms with Crippen LogP contribution >= 0.6 is 0 Å². The number of hydrogen-bond acceptors (Lipinski definition) is 7. The van der Waals surface area contributed by atoms with Gasteiger partial charge in [-0.3, -0.25) is 9.78 Å². The lowest BCUT2D eigenvalue weighted by Gasteiger charge is -1.95. The zero-order valence-corrected chi connectivity index (χ0v) is 6.35. The van der Waals surface area contributed by atoms with Crippen molar-refractivity contribution in [2.45, 2.75) is 0 Å². The summed E-state index contributed by atoms with van der Waals surface area (Å²) in [7, 11) is 0. The average Bonchev–Trinajstić information content (AvgIpc) is 2.02. The van der Waals surface area contributed by atoms with Gasteiger partial charge in [-0.05, 0) is 0 Å². The monoisotopic (exact) mass is 179 g/mol. The minimum atomic E-state index is -0.484. The van der Waals surface area contributed by atoms with Gasteiger partial charge in [-0.25, -0.2) is 0 Å². The fraction of sp³-hybridized carbons (Fsp3) is 0. The summed E-state index contributed by atoms with van der Waals surface area (Å²) < 4.78 is 0. The number of nitrogen functional groups attached to an aromatic ring is 2. The Kier molecular flexibility index (Phi) is 1.35. The number of aromatic nitrogens is 5. The predicted molar refractivity (Wildman–Crippen MR) is 44.6 cm³/mol. The molecule has 5 N–H and O–H groups in total. The van der Waals surface area contributed by atoms with E-state index >= 15 is 0 Å². The van der Waals surface area contributed by atoms with Crippen LogP contribution in [-0.2, 0) is 0 Å². The van der Waals surface area contributed by atoms with Crippen molar-refractivity contribution in [3.05, 3.63) is 10.4 Å². The molecule has 0 amide bonds. The maximum Gasteiger partial charge on any atom is 0.282 e. The molecule has 2 rings (SSSR count). The van der Waals surface area contributed by atoms with Gasteiger partial charge in [0.05, 0.1) is 0 Å². The Balaban J connectivity index is 2.95. The van der Waals surface area contributed by atoms with Crippen LogP contribution in [-0.4, -0.2) is 25.1 Å². The normalized spacial score (nSPS) is 10.5. The van der Waals surface area contributed by atoms with Gasteiger partial charge in [-0.15, -0.1) is 10.2 Å². The molecule has 2 aromatic rings. The van der Waals surface area contributed by atoms with Crippen LogP contribution in [0.3, 0.4) is 0 Å². The van der Waals surface area contributed by atoms with Crippen LogP contribution in [0.2, 0.25) is 0 Å². The highest BCUT2D eigenvalue weighted by molar-refractivity contribution is 5.69. The van der Waals surface area contributed by atoms with Gasteiger partial charge < -0.3 is 11.5 Å². The number of hydrogen-bond donors (Lipinski definition) is 3. The minimum absolute atomic E-state index is 0.0170. The highest BCUT2D eigenvalue weighted by Gasteiger charge is 2.05. The molecule has 2 heterocycles. The van der Waals surface area contributed by atoms with Gasteiger partial charge in [-0.1, -0.05) is 0 Å². The molecule has 0 unspecified atom stereocenters. The number of nitrogens with two attached hydrogens (primary N) is 2. The number of fused-ring (bicyclic) bond motifs is 1. The highest BCUT2D eigenvalue weighted by Crippen LogP contribution is 2.00. The molecule has 0 fully saturated rings. The summed E-state index contributed by atoms with van der Waals surface area (Å²) in [5.74, 6) is -0.0811. The van der Waals surface area contributed by atoms with E-state index in [0.29, 0.717) is 0 Å². The molecule has 0 bridgehead atoms. The third-order valence-corrected chi connectivity index (χ3v) is 1.37. The molecule has 8 heteroatoms. The van der Waals surface area contributed by atoms with Gasteiger partial charge in [0.1, 0.15) is 0 Å². The topological polar surface area (TPSA) is 136 Å². The van der Waals surface area contributed by atoms with Crippen LogP contribution in [0.25, 0.3) is 11.2 Å². The molecule has 0 aliphatic rings. The predicted octanol–water partition coefficient (Wildman–Crippen LogP) is -1.73. The Morgan fingerprint density at radius 2 is 1.92 bits per heavy atom. The smallest absolute Gasteiger partial charge is 0.282 e. The summed E-state index contributed by atoms with van der Waals surface area (Å²) in [6.45, 7) is 0. The van der Waals surface area contributed by atoms with Gasteiger partial charge in [0.15, 0.2) is 11.2 Å². The summed E-state index contributed by atoms with van der Waals surface area (Å²) in [5.41, 5.74) is 10.2. The fourth-order valence-corrected chi connectivity index (χ4v) is 0.872. The third-order valence-electron chi connectivity index (χ3n) is 1.37. The molecule has 0 aliphatic heterocycles. The first-order chi connectivity index (χ1) is 6.16. The second kappa shape index (κ2) is 2.37. The van der Waals surface area contributed by atoms with Crippen LogP contribution in [0, 0.1) is 0 Å². The van der Waals surface area contributed by atoms with Crippen molar-refractivity contribution in [2.24, 2.45) is 0 Å². The molecule has 8 nitrogen and oxygen atoms in total. The van der Waals surface area contributed by atoms with Crippen molar-refractivity contribution in [1.82, 2.24) is 25.1 Å². The number of aromatic amines is 1. The maximum atomic E-state index is 11.2. The van der Waals surface area contributed by atoms with E-state index in [1.807, 2.05) is 0 Å². The molecule has 0 saturated heterocycles. The van der Waals surface area contributed by atoms with Crippen molar-refractivity contribution in [1.29, 1.82) is 0 Å². The fourth-order valence-electron chi connectivity index (χ4n) is 0.872. The SMILES string of the molecule is Nc1nnc2c(=O)[nH]c(N)nc2n1. The molecule has 0 aromatic carbocycles. The van der Waals surface area contributed by atoms with Crippen LogP contribution < -0.4 is 17.0 Å². The lowest BCUT2D eigenvalue weighted by atomic mass is 10.5. The first-order valence-electron chi connectivity index (χ1n) is 3.32. The number of rotatable bonds is 0. The Bertz CT molecular complexity index is 513. The van der Waals surface area contributed by atoms with Gasteiger partial charge in [0, 0.05) is 0 Å². The molecule has 0 atom stereocenters.